The molecule has 11 nitrogen and oxygen atoms in total. The number of aliphatic hydroxyl groups is 1. The molecule has 0 bridgehead atoms. The lowest BCUT2D eigenvalue weighted by molar-refractivity contribution is -0.142. The van der Waals surface area contributed by atoms with Gasteiger partial charge in [0.1, 0.15) is 12.4 Å². The summed E-state index contributed by atoms with van der Waals surface area (Å²) in [5, 5.41) is 30.7. The Kier molecular flexibility index (Phi) is 12.8. The van der Waals surface area contributed by atoms with Gasteiger partial charge in [-0.05, 0) is 66.4 Å². The summed E-state index contributed by atoms with van der Waals surface area (Å²) in [5.41, 5.74) is 2.54. The molecule has 3 aromatic rings. The van der Waals surface area contributed by atoms with Gasteiger partial charge in [0.2, 0.25) is 0 Å². The quantitative estimate of drug-likeness (QED) is 0.167. The average molecular weight is 696 g/mol. The Hall–Kier alpha value is -4.00. The third-order valence-electron chi connectivity index (χ3n) is 9.25. The zero-order valence-electron chi connectivity index (χ0n) is 28.8. The summed E-state index contributed by atoms with van der Waals surface area (Å²) >= 11 is 0. The number of nitrogens with zero attached hydrogens (tertiary/aromatic N) is 3. The van der Waals surface area contributed by atoms with Gasteiger partial charge in [0.05, 0.1) is 41.2 Å². The molecule has 4 rings (SSSR count). The molecule has 0 saturated carbocycles. The minimum absolute atomic E-state index is 0.0512. The highest BCUT2D eigenvalue weighted by Gasteiger charge is 2.49. The molecule has 0 saturated heterocycles. The first-order chi connectivity index (χ1) is 23.3. The first-order valence-corrected chi connectivity index (χ1v) is 18.5. The lowest BCUT2D eigenvalue weighted by Crippen LogP contribution is -2.43. The van der Waals surface area contributed by atoms with Gasteiger partial charge < -0.3 is 25.0 Å². The van der Waals surface area contributed by atoms with Crippen molar-refractivity contribution in [3.05, 3.63) is 83.2 Å². The van der Waals surface area contributed by atoms with Crippen molar-refractivity contribution in [1.82, 2.24) is 9.88 Å². The maximum atomic E-state index is 14.1. The number of anilines is 1. The minimum atomic E-state index is -3.71. The number of aliphatic hydroxyl groups excluding tert-OH is 1. The standard InChI is InChI=1S/C37H49N3O8S/c1-5-7-18-37(19-8-6-2)25-49(46,47)32-17-14-29(39(3)4)20-31(32)35(36(37)45)26-12-15-30(16-13-26)48-24-28-11-9-10-27(38-28)21-40(22-33(41)42)23-34(43)44/h9-17,20,35-36,45H,5-8,18-19,21-25H2,1-4H3,(H,41,42)(H,43,44)/t35-,36?/m1/s1. The predicted molar refractivity (Wildman–Crippen MR) is 188 cm³/mol. The van der Waals surface area contributed by atoms with Crippen molar-refractivity contribution in [1.29, 1.82) is 0 Å². The largest absolute Gasteiger partial charge is 0.487 e. The predicted octanol–water partition coefficient (Wildman–Crippen LogP) is 5.34. The van der Waals surface area contributed by atoms with Crippen LogP contribution < -0.4 is 9.64 Å². The van der Waals surface area contributed by atoms with E-state index in [0.717, 1.165) is 36.9 Å². The number of pyridine rings is 1. The van der Waals surface area contributed by atoms with Crippen LogP contribution in [0.1, 0.15) is 80.8 Å². The number of aromatic nitrogens is 1. The first-order valence-electron chi connectivity index (χ1n) is 16.8. The molecule has 12 heteroatoms. The summed E-state index contributed by atoms with van der Waals surface area (Å²) < 4.78 is 34.2. The van der Waals surface area contributed by atoms with E-state index in [1.165, 1.54) is 4.90 Å². The molecular formula is C37H49N3O8S. The van der Waals surface area contributed by atoms with Crippen LogP contribution in [0.25, 0.3) is 0 Å². The number of carboxylic acid groups (broad SMARTS) is 2. The molecule has 1 aliphatic rings. The van der Waals surface area contributed by atoms with Crippen LogP contribution in [-0.4, -0.2) is 84.6 Å². The van der Waals surface area contributed by atoms with Gasteiger partial charge in [0, 0.05) is 37.7 Å². The molecule has 0 radical (unpaired) electrons. The molecule has 2 heterocycles. The van der Waals surface area contributed by atoms with Gasteiger partial charge >= 0.3 is 11.9 Å². The van der Waals surface area contributed by atoms with Crippen LogP contribution in [0.15, 0.2) is 65.6 Å². The van der Waals surface area contributed by atoms with E-state index in [9.17, 15) is 23.1 Å². The van der Waals surface area contributed by atoms with Crippen LogP contribution in [-0.2, 0) is 32.6 Å². The molecule has 0 aliphatic carbocycles. The Bertz CT molecular complexity index is 1670. The summed E-state index contributed by atoms with van der Waals surface area (Å²) in [4.78, 5) is 30.4. The number of hydrogen-bond donors (Lipinski definition) is 3. The molecule has 266 valence electrons. The Morgan fingerprint density at radius 1 is 0.918 bits per heavy atom. The lowest BCUT2D eigenvalue weighted by atomic mass is 9.68. The number of fused-ring (bicyclic) bond motifs is 1. The summed E-state index contributed by atoms with van der Waals surface area (Å²) in [6, 6.07) is 18.0. The summed E-state index contributed by atoms with van der Waals surface area (Å²) in [6.45, 7) is 3.47. The van der Waals surface area contributed by atoms with Crippen molar-refractivity contribution in [2.45, 2.75) is 82.4 Å². The van der Waals surface area contributed by atoms with Crippen molar-refractivity contribution < 1.29 is 38.1 Å². The zero-order chi connectivity index (χ0) is 35.8. The fraction of sp³-hybridized carbons (Fsp3) is 0.486. The van der Waals surface area contributed by atoms with E-state index < -0.39 is 52.3 Å². The second kappa shape index (κ2) is 16.6. The van der Waals surface area contributed by atoms with E-state index in [1.807, 2.05) is 55.4 Å². The molecule has 2 atom stereocenters. The Morgan fingerprint density at radius 2 is 1.53 bits per heavy atom. The van der Waals surface area contributed by atoms with Crippen molar-refractivity contribution in [3.63, 3.8) is 0 Å². The number of unbranched alkanes of at least 4 members (excludes halogenated alkanes) is 2. The van der Waals surface area contributed by atoms with Gasteiger partial charge in [0.25, 0.3) is 0 Å². The van der Waals surface area contributed by atoms with Gasteiger partial charge in [-0.15, -0.1) is 0 Å². The summed E-state index contributed by atoms with van der Waals surface area (Å²) in [5.74, 6) is -2.37. The van der Waals surface area contributed by atoms with Crippen molar-refractivity contribution in [2.75, 3.05) is 37.8 Å². The second-order valence-electron chi connectivity index (χ2n) is 13.3. The van der Waals surface area contributed by atoms with Gasteiger partial charge in [-0.3, -0.25) is 19.5 Å². The SMILES string of the molecule is CCCCC1(CCCC)CS(=O)(=O)c2ccc(N(C)C)cc2[C@@H](c2ccc(OCc3cccc(CN(CC(=O)O)CC(=O)O)n3)cc2)C1O. The molecule has 0 spiro atoms. The normalized spacial score (nSPS) is 18.0. The molecule has 3 N–H and O–H groups in total. The van der Waals surface area contributed by atoms with E-state index >= 15 is 0 Å². The van der Waals surface area contributed by atoms with Crippen LogP contribution in [0.3, 0.4) is 0 Å². The topological polar surface area (TPSA) is 158 Å². The Morgan fingerprint density at radius 3 is 2.10 bits per heavy atom. The number of carboxylic acids is 2. The van der Waals surface area contributed by atoms with Gasteiger partial charge in [-0.1, -0.05) is 57.7 Å². The van der Waals surface area contributed by atoms with Crippen molar-refractivity contribution >= 4 is 27.5 Å². The monoisotopic (exact) mass is 695 g/mol. The minimum Gasteiger partial charge on any atom is -0.487 e. The molecule has 1 aromatic heterocycles. The average Bonchev–Trinajstić information content (AvgIpc) is 3.11. The van der Waals surface area contributed by atoms with Crippen LogP contribution >= 0.6 is 0 Å². The van der Waals surface area contributed by atoms with Crippen molar-refractivity contribution in [3.8, 4) is 5.75 Å². The second-order valence-corrected chi connectivity index (χ2v) is 15.2. The number of benzene rings is 2. The fourth-order valence-corrected chi connectivity index (χ4v) is 8.99. The first kappa shape index (κ1) is 37.8. The van der Waals surface area contributed by atoms with E-state index in [0.29, 0.717) is 35.5 Å². The summed E-state index contributed by atoms with van der Waals surface area (Å²) in [7, 11) is 0.108. The smallest absolute Gasteiger partial charge is 0.317 e. The molecular weight excluding hydrogens is 646 g/mol. The van der Waals surface area contributed by atoms with Crippen LogP contribution in [0, 0.1) is 5.41 Å². The molecule has 0 fully saturated rings. The van der Waals surface area contributed by atoms with E-state index in [4.69, 9.17) is 14.9 Å². The molecule has 1 aliphatic heterocycles. The maximum absolute atomic E-state index is 14.1. The fourth-order valence-electron chi connectivity index (χ4n) is 6.80. The number of rotatable bonds is 17. The summed E-state index contributed by atoms with van der Waals surface area (Å²) in [6.07, 6.45) is 3.74. The maximum Gasteiger partial charge on any atom is 0.317 e. The van der Waals surface area contributed by atoms with Gasteiger partial charge in [-0.25, -0.2) is 8.42 Å². The molecule has 2 aromatic carbocycles. The lowest BCUT2D eigenvalue weighted by Gasteiger charge is -2.40. The Labute approximate surface area is 289 Å². The highest BCUT2D eigenvalue weighted by atomic mass is 32.2. The number of sulfone groups is 1. The number of carbonyl (C=O) groups is 2. The van der Waals surface area contributed by atoms with E-state index in [1.54, 1.807) is 24.3 Å². The highest BCUT2D eigenvalue weighted by molar-refractivity contribution is 7.91. The number of ether oxygens (including phenoxy) is 1. The number of aliphatic carboxylic acids is 2. The van der Waals surface area contributed by atoms with E-state index in [-0.39, 0.29) is 23.8 Å². The van der Waals surface area contributed by atoms with E-state index in [2.05, 4.69) is 18.8 Å². The third-order valence-corrected chi connectivity index (χ3v) is 11.2. The van der Waals surface area contributed by atoms with Gasteiger partial charge in [0.15, 0.2) is 9.84 Å². The molecule has 1 unspecified atom stereocenters. The highest BCUT2D eigenvalue weighted by Crippen LogP contribution is 2.50. The van der Waals surface area contributed by atoms with Crippen LogP contribution in [0.4, 0.5) is 5.69 Å². The van der Waals surface area contributed by atoms with Crippen LogP contribution in [0.2, 0.25) is 0 Å². The van der Waals surface area contributed by atoms with Crippen LogP contribution in [0.5, 0.6) is 5.75 Å². The van der Waals surface area contributed by atoms with Crippen molar-refractivity contribution in [2.24, 2.45) is 5.41 Å². The zero-order valence-corrected chi connectivity index (χ0v) is 29.7. The number of hydrogen-bond acceptors (Lipinski definition) is 9. The third kappa shape index (κ3) is 9.58. The molecule has 49 heavy (non-hydrogen) atoms. The molecule has 0 amide bonds. The Balaban J connectivity index is 1.64. The van der Waals surface area contributed by atoms with Gasteiger partial charge in [-0.2, -0.15) is 0 Å².